The largest absolute Gasteiger partial charge is 0.744 e. The Morgan fingerprint density at radius 1 is 0.686 bits per heavy atom. The summed E-state index contributed by atoms with van der Waals surface area (Å²) in [4.78, 5) is 2.03. The molecule has 0 aromatic heterocycles. The highest BCUT2D eigenvalue weighted by Crippen LogP contribution is 2.36. The molecule has 0 amide bonds. The van der Waals surface area contributed by atoms with Gasteiger partial charge in [-0.2, -0.15) is 4.58 Å². The van der Waals surface area contributed by atoms with Crippen molar-refractivity contribution in [1.29, 1.82) is 0 Å². The molecule has 0 saturated carbocycles. The van der Waals surface area contributed by atoms with E-state index < -0.39 is 10.1 Å². The first-order valence-electron chi connectivity index (χ1n) is 17.9. The average molecular weight is 705 g/mol. The van der Waals surface area contributed by atoms with Crippen LogP contribution in [0, 0.1) is 0 Å². The molecule has 266 valence electrons. The fraction of sp³-hybridized carbons (Fsp3) is 0.279. The number of hydrogen-bond acceptors (Lipinski definition) is 6. The lowest BCUT2D eigenvalue weighted by Crippen LogP contribution is -2.18. The molecule has 5 rings (SSSR count). The van der Waals surface area contributed by atoms with Crippen molar-refractivity contribution in [2.75, 3.05) is 31.2 Å². The molecule has 8 heteroatoms. The van der Waals surface area contributed by atoms with E-state index in [4.69, 9.17) is 9.47 Å². The van der Waals surface area contributed by atoms with Crippen LogP contribution in [0.5, 0.6) is 11.5 Å². The molecule has 0 spiro atoms. The van der Waals surface area contributed by atoms with Crippen LogP contribution in [0.3, 0.4) is 0 Å². The van der Waals surface area contributed by atoms with Gasteiger partial charge in [-0.25, -0.2) is 8.42 Å². The number of unbranched alkanes of at least 4 members (excludes halogenated alkanes) is 2. The zero-order valence-electron chi connectivity index (χ0n) is 30.0. The predicted molar refractivity (Wildman–Crippen MR) is 207 cm³/mol. The minimum absolute atomic E-state index is 0.244. The second-order valence-electron chi connectivity index (χ2n) is 12.3. The maximum Gasteiger partial charge on any atom is 0.205 e. The zero-order chi connectivity index (χ0) is 36.2. The van der Waals surface area contributed by atoms with E-state index in [2.05, 4.69) is 71.9 Å². The molecule has 1 aliphatic carbocycles. The lowest BCUT2D eigenvalue weighted by atomic mass is 9.90. The lowest BCUT2D eigenvalue weighted by molar-refractivity contribution is -0.439. The third-order valence-corrected chi connectivity index (χ3v) is 9.65. The van der Waals surface area contributed by atoms with Crippen LogP contribution >= 0.6 is 0 Å². The van der Waals surface area contributed by atoms with Gasteiger partial charge in [0, 0.05) is 54.2 Å². The lowest BCUT2D eigenvalue weighted by Gasteiger charge is -2.26. The summed E-state index contributed by atoms with van der Waals surface area (Å²) in [6, 6.07) is 30.8. The van der Waals surface area contributed by atoms with E-state index in [0.29, 0.717) is 24.4 Å². The smallest absolute Gasteiger partial charge is 0.205 e. The Morgan fingerprint density at radius 2 is 1.24 bits per heavy atom. The van der Waals surface area contributed by atoms with Gasteiger partial charge in [-0.05, 0) is 104 Å². The molecule has 4 aromatic rings. The van der Waals surface area contributed by atoms with Gasteiger partial charge in [-0.3, -0.25) is 0 Å². The highest BCUT2D eigenvalue weighted by atomic mass is 32.2. The molecule has 0 heterocycles. The highest BCUT2D eigenvalue weighted by Gasteiger charge is 2.21. The second kappa shape index (κ2) is 17.8. The number of rotatable bonds is 16. The molecule has 4 aromatic carbocycles. The number of ether oxygens (including phenoxy) is 2. The molecule has 0 atom stereocenters. The Labute approximate surface area is 303 Å². The first-order chi connectivity index (χ1) is 24.8. The van der Waals surface area contributed by atoms with Crippen LogP contribution in [0.1, 0.15) is 64.5 Å². The molecule has 0 fully saturated rings. The molecule has 0 bridgehead atoms. The standard InChI is InChI=1S/C43H48N2O5S/c1-5-9-31-44(37-23-27-39(28-24-37)49-7-3)35-19-15-33(16-20-35)43(41-13-11-12-14-42(41)51(46,47)48)34-17-21-36(22-18-34)45(32-10-6-2)38-25-29-40(30-26-38)50-8-4/h11-30H,5-10,31-32H2,1-4H3. The maximum atomic E-state index is 12.6. The van der Waals surface area contributed by atoms with Gasteiger partial charge in [0.2, 0.25) is 11.4 Å². The number of nitrogens with zero attached hydrogens (tertiary/aromatic N) is 2. The fourth-order valence-corrected chi connectivity index (χ4v) is 6.89. The normalized spacial score (nSPS) is 12.6. The van der Waals surface area contributed by atoms with Crippen LogP contribution in [-0.4, -0.2) is 49.6 Å². The number of hydrogen-bond donors (Lipinski definition) is 0. The minimum atomic E-state index is -4.75. The summed E-state index contributed by atoms with van der Waals surface area (Å²) in [6.07, 6.45) is 12.3. The van der Waals surface area contributed by atoms with Gasteiger partial charge >= 0.3 is 0 Å². The topological polar surface area (TPSA) is 81.9 Å². The van der Waals surface area contributed by atoms with Crippen molar-refractivity contribution in [3.8, 4) is 11.5 Å². The Balaban J connectivity index is 1.59. The highest BCUT2D eigenvalue weighted by molar-refractivity contribution is 7.85. The van der Waals surface area contributed by atoms with Crippen LogP contribution < -0.4 is 14.4 Å². The van der Waals surface area contributed by atoms with Gasteiger partial charge in [-0.1, -0.05) is 57.0 Å². The van der Waals surface area contributed by atoms with Crippen LogP contribution in [0.2, 0.25) is 0 Å². The monoisotopic (exact) mass is 704 g/mol. The van der Waals surface area contributed by atoms with Gasteiger partial charge < -0.3 is 18.9 Å². The second-order valence-corrected chi connectivity index (χ2v) is 13.6. The summed E-state index contributed by atoms with van der Waals surface area (Å²) in [5.74, 6) is 1.66. The Morgan fingerprint density at radius 3 is 1.78 bits per heavy atom. The SMILES string of the molecule is CCCCN(c1ccc(OCC)cc1)c1ccc(C(=C2C=CC(=[N+](CCCC)c3ccc(OCC)cc3)C=C2)c2ccccc2S(=O)(=O)[O-])cc1. The summed E-state index contributed by atoms with van der Waals surface area (Å²) in [5, 5.41) is 0. The third-order valence-electron chi connectivity index (χ3n) is 8.75. The summed E-state index contributed by atoms with van der Waals surface area (Å²) in [7, 11) is -4.75. The van der Waals surface area contributed by atoms with Crippen molar-refractivity contribution in [3.05, 3.63) is 138 Å². The molecule has 1 aliphatic rings. The summed E-state index contributed by atoms with van der Waals surface area (Å²) in [6.45, 7) is 11.2. The zero-order valence-corrected chi connectivity index (χ0v) is 30.9. The van der Waals surface area contributed by atoms with Crippen molar-refractivity contribution >= 4 is 38.5 Å². The average Bonchev–Trinajstić information content (AvgIpc) is 3.14. The molecule has 0 saturated heterocycles. The molecule has 51 heavy (non-hydrogen) atoms. The van der Waals surface area contributed by atoms with Crippen molar-refractivity contribution in [3.63, 3.8) is 0 Å². The molecule has 0 N–H and O–H groups in total. The third kappa shape index (κ3) is 9.45. The van der Waals surface area contributed by atoms with Crippen molar-refractivity contribution in [2.45, 2.75) is 58.3 Å². The Hall–Kier alpha value is -4.92. The number of allylic oxidation sites excluding steroid dienone is 5. The van der Waals surface area contributed by atoms with Crippen molar-refractivity contribution in [1.82, 2.24) is 0 Å². The van der Waals surface area contributed by atoms with Gasteiger partial charge in [0.25, 0.3) is 0 Å². The first-order valence-corrected chi connectivity index (χ1v) is 19.3. The molecule has 0 aliphatic heterocycles. The Kier molecular flexibility index (Phi) is 13.1. The predicted octanol–water partition coefficient (Wildman–Crippen LogP) is 9.84. The maximum absolute atomic E-state index is 12.6. The van der Waals surface area contributed by atoms with Crippen LogP contribution in [-0.2, 0) is 10.1 Å². The van der Waals surface area contributed by atoms with E-state index in [9.17, 15) is 13.0 Å². The quantitative estimate of drug-likeness (QED) is 0.0853. The Bertz CT molecular complexity index is 1970. The van der Waals surface area contributed by atoms with Gasteiger partial charge in [-0.15, -0.1) is 0 Å². The van der Waals surface area contributed by atoms with Crippen molar-refractivity contribution < 1.29 is 27.0 Å². The summed E-state index contributed by atoms with van der Waals surface area (Å²) < 4.78 is 51.3. The fourth-order valence-electron chi connectivity index (χ4n) is 6.21. The summed E-state index contributed by atoms with van der Waals surface area (Å²) >= 11 is 0. The summed E-state index contributed by atoms with van der Waals surface area (Å²) in [5.41, 5.74) is 6.79. The van der Waals surface area contributed by atoms with Gasteiger partial charge in [0.1, 0.15) is 28.2 Å². The van der Waals surface area contributed by atoms with E-state index in [-0.39, 0.29) is 4.90 Å². The van der Waals surface area contributed by atoms with Gasteiger partial charge in [0.15, 0.2) is 0 Å². The van der Waals surface area contributed by atoms with Crippen LogP contribution in [0.4, 0.5) is 17.1 Å². The van der Waals surface area contributed by atoms with Crippen molar-refractivity contribution in [2.24, 2.45) is 0 Å². The molecule has 0 unspecified atom stereocenters. The van der Waals surface area contributed by atoms with E-state index in [0.717, 1.165) is 84.2 Å². The molecule has 0 radical (unpaired) electrons. The van der Waals surface area contributed by atoms with Gasteiger partial charge in [0.05, 0.1) is 18.1 Å². The van der Waals surface area contributed by atoms with E-state index in [1.165, 1.54) is 6.07 Å². The van der Waals surface area contributed by atoms with E-state index in [1.54, 1.807) is 18.2 Å². The first kappa shape index (κ1) is 37.3. The van der Waals surface area contributed by atoms with Crippen LogP contribution in [0.15, 0.2) is 132 Å². The van der Waals surface area contributed by atoms with E-state index >= 15 is 0 Å². The minimum Gasteiger partial charge on any atom is -0.744 e. The molecule has 7 nitrogen and oxygen atoms in total. The van der Waals surface area contributed by atoms with Crippen LogP contribution in [0.25, 0.3) is 5.57 Å². The number of anilines is 2. The van der Waals surface area contributed by atoms with E-state index in [1.807, 2.05) is 62.4 Å². The molecular weight excluding hydrogens is 657 g/mol. The number of benzene rings is 4. The molecular formula is C43H48N2O5S.